The molecule has 134 valence electrons. The van der Waals surface area contributed by atoms with Gasteiger partial charge in [0.05, 0.1) is 11.7 Å². The van der Waals surface area contributed by atoms with Gasteiger partial charge in [0.1, 0.15) is 5.82 Å². The van der Waals surface area contributed by atoms with E-state index in [0.717, 1.165) is 48.2 Å². The van der Waals surface area contributed by atoms with Crippen LogP contribution in [0.5, 0.6) is 0 Å². The Morgan fingerprint density at radius 2 is 1.92 bits per heavy atom. The third kappa shape index (κ3) is 3.53. The number of halogens is 1. The number of imidazole rings is 1. The maximum atomic E-state index is 12.6. The highest BCUT2D eigenvalue weighted by Crippen LogP contribution is 2.21. The van der Waals surface area contributed by atoms with E-state index in [9.17, 15) is 4.79 Å². The largest absolute Gasteiger partial charge is 0.368 e. The molecule has 0 saturated carbocycles. The van der Waals surface area contributed by atoms with Crippen molar-refractivity contribution in [2.24, 2.45) is 0 Å². The maximum absolute atomic E-state index is 12.6. The van der Waals surface area contributed by atoms with E-state index < -0.39 is 0 Å². The van der Waals surface area contributed by atoms with Gasteiger partial charge in [-0.15, -0.1) is 0 Å². The van der Waals surface area contributed by atoms with E-state index in [1.807, 2.05) is 58.1 Å². The quantitative estimate of drug-likeness (QED) is 0.709. The molecule has 1 saturated heterocycles. The fourth-order valence-corrected chi connectivity index (χ4v) is 3.63. The van der Waals surface area contributed by atoms with Crippen LogP contribution in [0.2, 0.25) is 5.02 Å². The monoisotopic (exact) mass is 368 g/mol. The molecule has 3 aromatic rings. The number of amides is 1. The molecule has 0 spiro atoms. The first-order chi connectivity index (χ1) is 12.7. The van der Waals surface area contributed by atoms with Gasteiger partial charge in [0.15, 0.2) is 0 Å². The molecular weight excluding hydrogens is 348 g/mol. The van der Waals surface area contributed by atoms with E-state index in [1.165, 1.54) is 0 Å². The van der Waals surface area contributed by atoms with Crippen molar-refractivity contribution in [1.29, 1.82) is 0 Å². The van der Waals surface area contributed by atoms with Crippen molar-refractivity contribution < 1.29 is 4.79 Å². The zero-order valence-electron chi connectivity index (χ0n) is 14.5. The van der Waals surface area contributed by atoms with Gasteiger partial charge >= 0.3 is 0 Å². The normalized spacial score (nSPS) is 14.8. The summed E-state index contributed by atoms with van der Waals surface area (Å²) in [6.07, 6.45) is 4.99. The summed E-state index contributed by atoms with van der Waals surface area (Å²) in [5, 5.41) is 0.743. The van der Waals surface area contributed by atoms with E-state index in [-0.39, 0.29) is 5.91 Å². The van der Waals surface area contributed by atoms with Gasteiger partial charge in [-0.2, -0.15) is 0 Å². The van der Waals surface area contributed by atoms with Gasteiger partial charge in [0.2, 0.25) is 5.91 Å². The van der Waals surface area contributed by atoms with Crippen LogP contribution in [0.4, 0.5) is 5.69 Å². The Kier molecular flexibility index (Phi) is 4.80. The number of hydrogen-bond donors (Lipinski definition) is 0. The number of fused-ring (bicyclic) bond motifs is 1. The number of piperazine rings is 1. The fraction of sp³-hybridized carbons (Fsp3) is 0.300. The van der Waals surface area contributed by atoms with Crippen LogP contribution < -0.4 is 4.90 Å². The van der Waals surface area contributed by atoms with E-state index in [4.69, 9.17) is 11.6 Å². The highest BCUT2D eigenvalue weighted by atomic mass is 35.5. The highest BCUT2D eigenvalue weighted by molar-refractivity contribution is 6.30. The zero-order chi connectivity index (χ0) is 17.9. The van der Waals surface area contributed by atoms with Crippen LogP contribution in [0.3, 0.4) is 0 Å². The summed E-state index contributed by atoms with van der Waals surface area (Å²) >= 11 is 6.08. The van der Waals surface area contributed by atoms with Crippen molar-refractivity contribution in [1.82, 2.24) is 14.3 Å². The van der Waals surface area contributed by atoms with Crippen LogP contribution in [-0.4, -0.2) is 46.4 Å². The van der Waals surface area contributed by atoms with Crippen LogP contribution in [0.1, 0.15) is 12.2 Å². The van der Waals surface area contributed by atoms with Gasteiger partial charge in [-0.1, -0.05) is 23.7 Å². The fourth-order valence-electron chi connectivity index (χ4n) is 3.45. The molecule has 26 heavy (non-hydrogen) atoms. The zero-order valence-corrected chi connectivity index (χ0v) is 15.3. The summed E-state index contributed by atoms with van der Waals surface area (Å²) in [5.41, 5.74) is 2.18. The van der Waals surface area contributed by atoms with E-state index >= 15 is 0 Å². The third-order valence-corrected chi connectivity index (χ3v) is 5.12. The molecule has 1 aliphatic heterocycles. The number of anilines is 1. The second-order valence-electron chi connectivity index (χ2n) is 6.52. The van der Waals surface area contributed by atoms with E-state index in [1.54, 1.807) is 0 Å². The van der Waals surface area contributed by atoms with Crippen LogP contribution in [0.25, 0.3) is 5.52 Å². The number of carbonyl (C=O) groups is 1. The van der Waals surface area contributed by atoms with Gasteiger partial charge in [-0.05, 0) is 30.3 Å². The van der Waals surface area contributed by atoms with Gasteiger partial charge in [0, 0.05) is 55.9 Å². The number of nitrogens with zero attached hydrogens (tertiary/aromatic N) is 4. The van der Waals surface area contributed by atoms with Crippen molar-refractivity contribution >= 4 is 28.7 Å². The Morgan fingerprint density at radius 3 is 2.73 bits per heavy atom. The summed E-state index contributed by atoms with van der Waals surface area (Å²) < 4.78 is 2.05. The first-order valence-electron chi connectivity index (χ1n) is 8.90. The van der Waals surface area contributed by atoms with Crippen LogP contribution >= 0.6 is 11.6 Å². The molecule has 4 rings (SSSR count). The first-order valence-corrected chi connectivity index (χ1v) is 9.28. The molecule has 2 aromatic heterocycles. The molecule has 0 N–H and O–H groups in total. The number of aromatic nitrogens is 2. The number of rotatable bonds is 4. The number of pyridine rings is 1. The Bertz CT molecular complexity index is 915. The Balaban J connectivity index is 1.32. The van der Waals surface area contributed by atoms with Crippen molar-refractivity contribution in [3.05, 3.63) is 65.7 Å². The Labute approximate surface area is 157 Å². The third-order valence-electron chi connectivity index (χ3n) is 4.88. The molecule has 0 radical (unpaired) electrons. The molecule has 0 aliphatic carbocycles. The number of hydrogen-bond acceptors (Lipinski definition) is 3. The average Bonchev–Trinajstić information content (AvgIpc) is 3.09. The minimum atomic E-state index is 0.198. The Hall–Kier alpha value is -2.53. The summed E-state index contributed by atoms with van der Waals surface area (Å²) in [4.78, 5) is 21.3. The van der Waals surface area contributed by atoms with Gasteiger partial charge < -0.3 is 14.2 Å². The van der Waals surface area contributed by atoms with Gasteiger partial charge in [0.25, 0.3) is 0 Å². The lowest BCUT2D eigenvalue weighted by Gasteiger charge is -2.36. The SMILES string of the molecule is O=C(CCc1ncc2ccccn12)N1CCN(c2cccc(Cl)c2)CC1. The predicted octanol–water partition coefficient (Wildman–Crippen LogP) is 3.27. The smallest absolute Gasteiger partial charge is 0.223 e. The van der Waals surface area contributed by atoms with Crippen LogP contribution in [0.15, 0.2) is 54.9 Å². The summed E-state index contributed by atoms with van der Waals surface area (Å²) in [7, 11) is 0. The molecule has 0 atom stereocenters. The number of benzene rings is 1. The Morgan fingerprint density at radius 1 is 1.08 bits per heavy atom. The van der Waals surface area contributed by atoms with Gasteiger partial charge in [-0.3, -0.25) is 4.79 Å². The van der Waals surface area contributed by atoms with Crippen molar-refractivity contribution in [2.75, 3.05) is 31.1 Å². The molecule has 3 heterocycles. The van der Waals surface area contributed by atoms with Gasteiger partial charge in [-0.25, -0.2) is 4.98 Å². The topological polar surface area (TPSA) is 40.9 Å². The summed E-state index contributed by atoms with van der Waals surface area (Å²) in [5.74, 6) is 1.13. The van der Waals surface area contributed by atoms with E-state index in [2.05, 4.69) is 16.0 Å². The van der Waals surface area contributed by atoms with Crippen molar-refractivity contribution in [3.8, 4) is 0 Å². The molecule has 0 unspecified atom stereocenters. The molecule has 1 fully saturated rings. The number of carbonyl (C=O) groups excluding carboxylic acids is 1. The summed E-state index contributed by atoms with van der Waals surface area (Å²) in [6.45, 7) is 3.15. The molecular formula is C20H21ClN4O. The molecule has 5 nitrogen and oxygen atoms in total. The van der Waals surface area contributed by atoms with Crippen LogP contribution in [-0.2, 0) is 11.2 Å². The molecule has 1 amide bonds. The lowest BCUT2D eigenvalue weighted by atomic mass is 10.2. The summed E-state index contributed by atoms with van der Waals surface area (Å²) in [6, 6.07) is 13.9. The highest BCUT2D eigenvalue weighted by Gasteiger charge is 2.21. The first kappa shape index (κ1) is 16.9. The standard InChI is InChI=1S/C20H21ClN4O/c21-16-4-3-6-17(14-16)23-10-12-24(13-11-23)20(26)8-7-19-22-15-18-5-1-2-9-25(18)19/h1-6,9,14-15H,7-8,10-13H2. The van der Waals surface area contributed by atoms with Crippen molar-refractivity contribution in [2.45, 2.75) is 12.8 Å². The second-order valence-corrected chi connectivity index (χ2v) is 6.95. The van der Waals surface area contributed by atoms with Crippen LogP contribution in [0, 0.1) is 0 Å². The lowest BCUT2D eigenvalue weighted by Crippen LogP contribution is -2.48. The number of aryl methyl sites for hydroxylation is 1. The molecule has 1 aromatic carbocycles. The second kappa shape index (κ2) is 7.38. The lowest BCUT2D eigenvalue weighted by molar-refractivity contribution is -0.131. The average molecular weight is 369 g/mol. The minimum absolute atomic E-state index is 0.198. The minimum Gasteiger partial charge on any atom is -0.368 e. The molecule has 1 aliphatic rings. The molecule has 6 heteroatoms. The predicted molar refractivity (Wildman–Crippen MR) is 104 cm³/mol. The van der Waals surface area contributed by atoms with E-state index in [0.29, 0.717) is 12.8 Å². The van der Waals surface area contributed by atoms with Crippen molar-refractivity contribution in [3.63, 3.8) is 0 Å². The molecule has 0 bridgehead atoms. The maximum Gasteiger partial charge on any atom is 0.223 e.